The van der Waals surface area contributed by atoms with Crippen molar-refractivity contribution in [2.45, 2.75) is 0 Å². The lowest BCUT2D eigenvalue weighted by Gasteiger charge is -2.09. The summed E-state index contributed by atoms with van der Waals surface area (Å²) in [7, 11) is 2.94. The second-order valence-corrected chi connectivity index (χ2v) is 7.01. The SMILES string of the molecule is COc1ccc(C(=O)NCC(=O)N/N=C/c2ccc(OC(=O)c3cccc(F)c3)cc2)cc1OC. The molecule has 0 saturated heterocycles. The van der Waals surface area contributed by atoms with Gasteiger partial charge in [-0.2, -0.15) is 5.10 Å². The van der Waals surface area contributed by atoms with Gasteiger partial charge in [-0.1, -0.05) is 6.07 Å². The van der Waals surface area contributed by atoms with Crippen molar-refractivity contribution in [3.05, 3.63) is 89.2 Å². The van der Waals surface area contributed by atoms with Crippen LogP contribution in [0.5, 0.6) is 17.2 Å². The average Bonchev–Trinajstić information content (AvgIpc) is 2.87. The van der Waals surface area contributed by atoms with Crippen molar-refractivity contribution in [2.75, 3.05) is 20.8 Å². The van der Waals surface area contributed by atoms with Crippen molar-refractivity contribution >= 4 is 24.0 Å². The summed E-state index contributed by atoms with van der Waals surface area (Å²) >= 11 is 0. The third-order valence-corrected chi connectivity index (χ3v) is 4.61. The highest BCUT2D eigenvalue weighted by Crippen LogP contribution is 2.27. The number of benzene rings is 3. The van der Waals surface area contributed by atoms with Crippen LogP contribution in [0.4, 0.5) is 4.39 Å². The number of methoxy groups -OCH3 is 2. The lowest BCUT2D eigenvalue weighted by molar-refractivity contribution is -0.120. The smallest absolute Gasteiger partial charge is 0.343 e. The molecule has 0 heterocycles. The number of amides is 2. The predicted octanol–water partition coefficient (Wildman–Crippen LogP) is 2.94. The number of carbonyl (C=O) groups excluding carboxylic acids is 3. The maximum absolute atomic E-state index is 13.2. The van der Waals surface area contributed by atoms with Crippen LogP contribution >= 0.6 is 0 Å². The molecular weight excluding hydrogens is 457 g/mol. The minimum Gasteiger partial charge on any atom is -0.493 e. The zero-order chi connectivity index (χ0) is 25.2. The van der Waals surface area contributed by atoms with E-state index in [2.05, 4.69) is 15.8 Å². The molecule has 0 unspecified atom stereocenters. The molecule has 35 heavy (non-hydrogen) atoms. The second-order valence-electron chi connectivity index (χ2n) is 7.01. The van der Waals surface area contributed by atoms with Gasteiger partial charge in [-0.05, 0) is 66.2 Å². The minimum absolute atomic E-state index is 0.0940. The van der Waals surface area contributed by atoms with Gasteiger partial charge < -0.3 is 19.5 Å². The quantitative estimate of drug-likeness (QED) is 0.211. The summed E-state index contributed by atoms with van der Waals surface area (Å²) in [6.07, 6.45) is 1.38. The molecule has 0 atom stereocenters. The van der Waals surface area contributed by atoms with Crippen LogP contribution < -0.4 is 25.0 Å². The first-order valence-electron chi connectivity index (χ1n) is 10.3. The molecule has 0 aromatic heterocycles. The van der Waals surface area contributed by atoms with Gasteiger partial charge in [-0.3, -0.25) is 9.59 Å². The fraction of sp³-hybridized carbons (Fsp3) is 0.120. The third kappa shape index (κ3) is 7.13. The van der Waals surface area contributed by atoms with Crippen LogP contribution in [-0.2, 0) is 4.79 Å². The van der Waals surface area contributed by atoms with E-state index in [0.717, 1.165) is 6.07 Å². The summed E-state index contributed by atoms with van der Waals surface area (Å²) in [5.74, 6) is -1.08. The zero-order valence-electron chi connectivity index (χ0n) is 18.9. The molecule has 0 aliphatic rings. The van der Waals surface area contributed by atoms with Crippen molar-refractivity contribution in [3.8, 4) is 17.2 Å². The van der Waals surface area contributed by atoms with E-state index in [0.29, 0.717) is 22.6 Å². The molecule has 9 nitrogen and oxygen atoms in total. The minimum atomic E-state index is -0.687. The number of nitrogens with zero attached hydrogens (tertiary/aromatic N) is 1. The Morgan fingerprint density at radius 2 is 1.66 bits per heavy atom. The highest BCUT2D eigenvalue weighted by Gasteiger charge is 2.12. The van der Waals surface area contributed by atoms with Crippen molar-refractivity contribution in [2.24, 2.45) is 5.10 Å². The fourth-order valence-corrected chi connectivity index (χ4v) is 2.86. The van der Waals surface area contributed by atoms with E-state index in [-0.39, 0.29) is 17.9 Å². The normalized spacial score (nSPS) is 10.5. The Labute approximate surface area is 200 Å². The maximum atomic E-state index is 13.2. The van der Waals surface area contributed by atoms with E-state index < -0.39 is 23.6 Å². The molecule has 3 aromatic rings. The lowest BCUT2D eigenvalue weighted by Crippen LogP contribution is -2.34. The van der Waals surface area contributed by atoms with Crippen molar-refractivity contribution in [1.82, 2.24) is 10.7 Å². The molecule has 0 aliphatic carbocycles. The number of hydrogen-bond donors (Lipinski definition) is 2. The summed E-state index contributed by atoms with van der Waals surface area (Å²) in [6, 6.07) is 16.1. The van der Waals surface area contributed by atoms with Gasteiger partial charge in [-0.15, -0.1) is 0 Å². The van der Waals surface area contributed by atoms with Gasteiger partial charge in [-0.25, -0.2) is 14.6 Å². The Morgan fingerprint density at radius 1 is 0.914 bits per heavy atom. The van der Waals surface area contributed by atoms with E-state index in [1.165, 1.54) is 56.8 Å². The first kappa shape index (κ1) is 24.9. The Kier molecular flexibility index (Phi) is 8.49. The molecule has 0 saturated carbocycles. The Balaban J connectivity index is 1.46. The molecule has 180 valence electrons. The molecule has 2 amide bonds. The Bertz CT molecular complexity index is 1240. The van der Waals surface area contributed by atoms with Crippen LogP contribution in [0, 0.1) is 5.82 Å². The fourth-order valence-electron chi connectivity index (χ4n) is 2.86. The first-order chi connectivity index (χ1) is 16.9. The molecular formula is C25H22FN3O6. The number of esters is 1. The van der Waals surface area contributed by atoms with Gasteiger partial charge in [0.15, 0.2) is 11.5 Å². The number of hydrazone groups is 1. The van der Waals surface area contributed by atoms with Crippen LogP contribution in [0.3, 0.4) is 0 Å². The van der Waals surface area contributed by atoms with Gasteiger partial charge in [0, 0.05) is 5.56 Å². The number of rotatable bonds is 9. The summed E-state index contributed by atoms with van der Waals surface area (Å²) in [5, 5.41) is 6.31. The van der Waals surface area contributed by atoms with E-state index in [1.807, 2.05) is 0 Å². The number of halogens is 1. The van der Waals surface area contributed by atoms with E-state index in [9.17, 15) is 18.8 Å². The number of ether oxygens (including phenoxy) is 3. The average molecular weight is 479 g/mol. The molecule has 3 aromatic carbocycles. The molecule has 0 radical (unpaired) electrons. The van der Waals surface area contributed by atoms with Gasteiger partial charge in [0.25, 0.3) is 11.8 Å². The van der Waals surface area contributed by atoms with Crippen LogP contribution in [0.1, 0.15) is 26.3 Å². The number of nitrogens with one attached hydrogen (secondary N) is 2. The summed E-state index contributed by atoms with van der Waals surface area (Å²) < 4.78 is 28.7. The van der Waals surface area contributed by atoms with Gasteiger partial charge in [0.1, 0.15) is 11.6 Å². The van der Waals surface area contributed by atoms with E-state index in [4.69, 9.17) is 14.2 Å². The van der Waals surface area contributed by atoms with Crippen LogP contribution in [0.2, 0.25) is 0 Å². The van der Waals surface area contributed by atoms with Crippen molar-refractivity contribution < 1.29 is 33.0 Å². The summed E-state index contributed by atoms with van der Waals surface area (Å²) in [4.78, 5) is 36.3. The summed E-state index contributed by atoms with van der Waals surface area (Å²) in [6.45, 7) is -0.292. The van der Waals surface area contributed by atoms with Gasteiger partial charge in [0.05, 0.1) is 32.5 Å². The van der Waals surface area contributed by atoms with Crippen LogP contribution in [0.25, 0.3) is 0 Å². The predicted molar refractivity (Wildman–Crippen MR) is 125 cm³/mol. The molecule has 0 fully saturated rings. The van der Waals surface area contributed by atoms with Crippen LogP contribution in [-0.4, -0.2) is 44.8 Å². The lowest BCUT2D eigenvalue weighted by atomic mass is 10.2. The molecule has 3 rings (SSSR count). The molecule has 0 spiro atoms. The Morgan fingerprint density at radius 3 is 2.34 bits per heavy atom. The number of carbonyl (C=O) groups is 3. The maximum Gasteiger partial charge on any atom is 0.343 e. The van der Waals surface area contributed by atoms with E-state index in [1.54, 1.807) is 24.3 Å². The largest absolute Gasteiger partial charge is 0.493 e. The standard InChI is InChI=1S/C25H22FN3O6/c1-33-21-11-8-17(13-22(21)34-2)24(31)27-15-23(30)29-28-14-16-6-9-20(10-7-16)35-25(32)18-4-3-5-19(26)12-18/h3-14H,15H2,1-2H3,(H,27,31)(H,29,30)/b28-14+. The molecule has 0 bridgehead atoms. The van der Waals surface area contributed by atoms with Crippen LogP contribution in [0.15, 0.2) is 71.8 Å². The van der Waals surface area contributed by atoms with Gasteiger partial charge in [0.2, 0.25) is 0 Å². The zero-order valence-corrected chi connectivity index (χ0v) is 18.9. The number of hydrogen-bond acceptors (Lipinski definition) is 7. The Hall–Kier alpha value is -4.73. The van der Waals surface area contributed by atoms with Crippen molar-refractivity contribution in [1.29, 1.82) is 0 Å². The second kappa shape index (κ2) is 11.9. The monoisotopic (exact) mass is 479 g/mol. The highest BCUT2D eigenvalue weighted by atomic mass is 19.1. The first-order valence-corrected chi connectivity index (χ1v) is 10.3. The van der Waals surface area contributed by atoms with Gasteiger partial charge >= 0.3 is 5.97 Å². The summed E-state index contributed by atoms with van der Waals surface area (Å²) in [5.41, 5.74) is 3.32. The topological polar surface area (TPSA) is 115 Å². The molecule has 10 heteroatoms. The highest BCUT2D eigenvalue weighted by molar-refractivity contribution is 5.97. The molecule has 2 N–H and O–H groups in total. The van der Waals surface area contributed by atoms with E-state index >= 15 is 0 Å². The molecule has 0 aliphatic heterocycles. The third-order valence-electron chi connectivity index (χ3n) is 4.61. The van der Waals surface area contributed by atoms with Crippen molar-refractivity contribution in [3.63, 3.8) is 0 Å².